The van der Waals surface area contributed by atoms with Crippen molar-refractivity contribution in [2.24, 2.45) is 0 Å². The van der Waals surface area contributed by atoms with Crippen LogP contribution >= 0.6 is 0 Å². The van der Waals surface area contributed by atoms with E-state index in [0.717, 1.165) is 0 Å². The van der Waals surface area contributed by atoms with E-state index in [4.69, 9.17) is 0 Å². The maximum absolute atomic E-state index is 2.65. The lowest BCUT2D eigenvalue weighted by Crippen LogP contribution is -2.59. The Kier molecular flexibility index (Phi) is 5.85. The fourth-order valence-corrected chi connectivity index (χ4v) is 12.3. The molecule has 0 spiro atoms. The zero-order chi connectivity index (χ0) is 40.7. The number of rotatable bonds is 2. The minimum Gasteiger partial charge on any atom is -0.310 e. The van der Waals surface area contributed by atoms with Gasteiger partial charge < -0.3 is 18.3 Å². The maximum atomic E-state index is 2.65. The zero-order valence-corrected chi connectivity index (χ0v) is 33.9. The Balaban J connectivity index is 1.08. The Morgan fingerprint density at radius 2 is 0.746 bits per heavy atom. The van der Waals surface area contributed by atoms with Gasteiger partial charge in [0.1, 0.15) is 0 Å². The molecule has 0 N–H and O–H groups in total. The third kappa shape index (κ3) is 3.87. The van der Waals surface area contributed by atoms with E-state index in [9.17, 15) is 0 Å². The van der Waals surface area contributed by atoms with Crippen LogP contribution in [0.2, 0.25) is 0 Å². The van der Waals surface area contributed by atoms with Gasteiger partial charge in [0.25, 0.3) is 6.71 Å². The summed E-state index contributed by atoms with van der Waals surface area (Å²) in [6, 6.07) is 75.0. The minimum atomic E-state index is 0.0578. The molecular weight excluding hydrogens is 763 g/mol. The van der Waals surface area contributed by atoms with E-state index in [1.165, 1.54) is 137 Å². The molecule has 0 bridgehead atoms. The second-order valence-corrected chi connectivity index (χ2v) is 17.6. The molecule has 6 heterocycles. The Hall–Kier alpha value is -8.28. The smallest absolute Gasteiger partial charge is 0.252 e. The van der Waals surface area contributed by atoms with Crippen LogP contribution in [0.1, 0.15) is 0 Å². The molecule has 5 heteroatoms. The van der Waals surface area contributed by atoms with Crippen LogP contribution in [0.3, 0.4) is 0 Å². The summed E-state index contributed by atoms with van der Waals surface area (Å²) in [6.45, 7) is 0.0578. The quantitative estimate of drug-likeness (QED) is 0.155. The maximum Gasteiger partial charge on any atom is 0.252 e. The van der Waals surface area contributed by atoms with Gasteiger partial charge in [0, 0.05) is 76.6 Å². The van der Waals surface area contributed by atoms with Crippen molar-refractivity contribution in [3.8, 4) is 22.7 Å². The SMILES string of the molecule is c1ccc(-n2c3ccccc3c3cc4c(cc32)c2cccc3c2n4-c2c4c(cc5ccccc25)-n2c5cc6c(cc5c5cccc(c52)B43)c2ccccc2n6-c2ccccc2)cc1. The van der Waals surface area contributed by atoms with Gasteiger partial charge in [-0.15, -0.1) is 0 Å². The van der Waals surface area contributed by atoms with Gasteiger partial charge in [0.15, 0.2) is 0 Å². The normalized spacial score (nSPS) is 13.0. The number of benzene rings is 10. The molecular formula is C58H33BN4. The second-order valence-electron chi connectivity index (χ2n) is 17.6. The van der Waals surface area contributed by atoms with Crippen LogP contribution in [0, 0.1) is 0 Å². The molecule has 0 saturated carbocycles. The van der Waals surface area contributed by atoms with Crippen molar-refractivity contribution in [2.45, 2.75) is 0 Å². The van der Waals surface area contributed by atoms with Crippen molar-refractivity contribution in [3.05, 3.63) is 200 Å². The summed E-state index contributed by atoms with van der Waals surface area (Å²) in [5.41, 5.74) is 19.0. The van der Waals surface area contributed by atoms with E-state index in [1.807, 2.05) is 0 Å². The highest BCUT2D eigenvalue weighted by molar-refractivity contribution is 7.00. The summed E-state index contributed by atoms with van der Waals surface area (Å²) in [5, 5.41) is 12.8. The molecule has 0 atom stereocenters. The van der Waals surface area contributed by atoms with E-state index < -0.39 is 0 Å². The van der Waals surface area contributed by atoms with Gasteiger partial charge in [-0.1, -0.05) is 133 Å². The lowest BCUT2D eigenvalue weighted by Gasteiger charge is -2.34. The molecule has 0 fully saturated rings. The highest BCUT2D eigenvalue weighted by atomic mass is 15.0. The summed E-state index contributed by atoms with van der Waals surface area (Å²) in [4.78, 5) is 0. The summed E-state index contributed by atoms with van der Waals surface area (Å²) in [5.74, 6) is 0. The van der Waals surface area contributed by atoms with E-state index >= 15 is 0 Å². The fourth-order valence-electron chi connectivity index (χ4n) is 12.3. The van der Waals surface area contributed by atoms with E-state index in [1.54, 1.807) is 0 Å². The molecule has 288 valence electrons. The van der Waals surface area contributed by atoms with Gasteiger partial charge in [0.2, 0.25) is 0 Å². The molecule has 2 aliphatic rings. The minimum absolute atomic E-state index is 0.0578. The van der Waals surface area contributed by atoms with Gasteiger partial charge in [-0.25, -0.2) is 0 Å². The first-order valence-corrected chi connectivity index (χ1v) is 22.0. The van der Waals surface area contributed by atoms with Crippen LogP contribution in [-0.2, 0) is 0 Å². The van der Waals surface area contributed by atoms with Crippen molar-refractivity contribution in [1.29, 1.82) is 0 Å². The number of hydrogen-bond donors (Lipinski definition) is 0. The van der Waals surface area contributed by atoms with Crippen LogP contribution in [-0.4, -0.2) is 25.0 Å². The third-order valence-electron chi connectivity index (χ3n) is 14.7. The number of hydrogen-bond acceptors (Lipinski definition) is 0. The predicted molar refractivity (Wildman–Crippen MR) is 266 cm³/mol. The summed E-state index contributed by atoms with van der Waals surface area (Å²) >= 11 is 0. The summed E-state index contributed by atoms with van der Waals surface area (Å²) in [7, 11) is 0. The molecule has 0 radical (unpaired) electrons. The molecule has 0 amide bonds. The Bertz CT molecular complexity index is 4370. The molecule has 14 aromatic rings. The molecule has 4 nitrogen and oxygen atoms in total. The van der Waals surface area contributed by atoms with Crippen LogP contribution in [0.15, 0.2) is 200 Å². The van der Waals surface area contributed by atoms with Gasteiger partial charge in [-0.05, 0) is 88.5 Å². The largest absolute Gasteiger partial charge is 0.310 e. The molecule has 0 unspecified atom stereocenters. The zero-order valence-electron chi connectivity index (χ0n) is 33.9. The highest BCUT2D eigenvalue weighted by Crippen LogP contribution is 2.45. The van der Waals surface area contributed by atoms with Crippen molar-refractivity contribution >= 4 is 121 Å². The average Bonchev–Trinajstić information content (AvgIpc) is 4.06. The predicted octanol–water partition coefficient (Wildman–Crippen LogP) is 12.4. The van der Waals surface area contributed by atoms with Crippen LogP contribution in [0.4, 0.5) is 0 Å². The number of para-hydroxylation sites is 6. The lowest BCUT2D eigenvalue weighted by atomic mass is 9.34. The Morgan fingerprint density at radius 3 is 1.40 bits per heavy atom. The van der Waals surface area contributed by atoms with E-state index in [-0.39, 0.29) is 6.71 Å². The van der Waals surface area contributed by atoms with Gasteiger partial charge in [-0.2, -0.15) is 0 Å². The molecule has 0 aliphatic carbocycles. The van der Waals surface area contributed by atoms with Crippen molar-refractivity contribution in [2.75, 3.05) is 0 Å². The van der Waals surface area contributed by atoms with Gasteiger partial charge in [-0.3, -0.25) is 0 Å². The molecule has 4 aromatic heterocycles. The van der Waals surface area contributed by atoms with Crippen LogP contribution in [0.25, 0.3) is 121 Å². The number of fused-ring (bicyclic) bond motifs is 18. The van der Waals surface area contributed by atoms with Gasteiger partial charge in [0.05, 0.1) is 38.8 Å². The Morgan fingerprint density at radius 1 is 0.286 bits per heavy atom. The topological polar surface area (TPSA) is 19.7 Å². The molecule has 10 aromatic carbocycles. The molecule has 16 rings (SSSR count). The molecule has 0 saturated heterocycles. The number of aromatic nitrogens is 4. The van der Waals surface area contributed by atoms with Crippen molar-refractivity contribution in [3.63, 3.8) is 0 Å². The lowest BCUT2D eigenvalue weighted by molar-refractivity contribution is 1.15. The van der Waals surface area contributed by atoms with Crippen LogP contribution in [0.5, 0.6) is 0 Å². The monoisotopic (exact) mass is 796 g/mol. The highest BCUT2D eigenvalue weighted by Gasteiger charge is 2.41. The third-order valence-corrected chi connectivity index (χ3v) is 14.7. The van der Waals surface area contributed by atoms with Crippen LogP contribution < -0.4 is 16.4 Å². The summed E-state index contributed by atoms with van der Waals surface area (Å²) in [6.07, 6.45) is 0. The first-order chi connectivity index (χ1) is 31.3. The first-order valence-electron chi connectivity index (χ1n) is 22.0. The molecule has 2 aliphatic heterocycles. The fraction of sp³-hybridized carbons (Fsp3) is 0. The van der Waals surface area contributed by atoms with Gasteiger partial charge >= 0.3 is 0 Å². The second kappa shape index (κ2) is 11.3. The standard InChI is InChI=1S/C58H33BN4/c1-3-16-35(17-4-1)60-49-28-12-10-22-39(49)44-31-51-45(32-50(44)60)41-24-14-26-47-57(41)63(51)58-37-20-8-7-15-34(37)29-54-55(58)59(47)46-25-13-23-40-43-30-42-38-21-9-11-27-48(38)61(36-18-5-2-6-19-36)52(42)33-53(43)62(54)56(40)46/h1-33H. The first kappa shape index (κ1) is 32.5. The average molecular weight is 797 g/mol. The Labute approximate surface area is 360 Å². The summed E-state index contributed by atoms with van der Waals surface area (Å²) < 4.78 is 10.2. The van der Waals surface area contributed by atoms with Crippen molar-refractivity contribution in [1.82, 2.24) is 18.3 Å². The van der Waals surface area contributed by atoms with E-state index in [0.29, 0.717) is 0 Å². The van der Waals surface area contributed by atoms with Crippen molar-refractivity contribution < 1.29 is 0 Å². The number of nitrogens with zero attached hydrogens (tertiary/aromatic N) is 4. The van der Waals surface area contributed by atoms with E-state index in [2.05, 4.69) is 218 Å². The molecule has 63 heavy (non-hydrogen) atoms.